The highest BCUT2D eigenvalue weighted by atomic mass is 16.1. The summed E-state index contributed by atoms with van der Waals surface area (Å²) in [6.45, 7) is 6.59. The molecule has 0 spiro atoms. The third-order valence-corrected chi connectivity index (χ3v) is 3.39. The number of aryl methyl sites for hydroxylation is 1. The second kappa shape index (κ2) is 6.53. The van der Waals surface area contributed by atoms with Gasteiger partial charge in [-0.2, -0.15) is 0 Å². The summed E-state index contributed by atoms with van der Waals surface area (Å²) in [4.78, 5) is 15.9. The molecule has 0 saturated carbocycles. The molecule has 1 N–H and O–H groups in total. The number of nitrogens with one attached hydrogen (secondary N) is 1. The monoisotopic (exact) mass is 282 g/mol. The predicted molar refractivity (Wildman–Crippen MR) is 86.3 cm³/mol. The number of aromatic nitrogens is 1. The molecule has 21 heavy (non-hydrogen) atoms. The van der Waals surface area contributed by atoms with E-state index in [4.69, 9.17) is 0 Å². The smallest absolute Gasteiger partial charge is 0.225 e. The van der Waals surface area contributed by atoms with Crippen LogP contribution in [0.3, 0.4) is 0 Å². The van der Waals surface area contributed by atoms with Gasteiger partial charge in [0, 0.05) is 12.6 Å². The van der Waals surface area contributed by atoms with E-state index in [1.54, 1.807) is 12.3 Å². The molecule has 0 aliphatic carbocycles. The van der Waals surface area contributed by atoms with Crippen molar-refractivity contribution in [3.63, 3.8) is 0 Å². The van der Waals surface area contributed by atoms with Crippen LogP contribution in [0.1, 0.15) is 38.3 Å². The van der Waals surface area contributed by atoms with Crippen molar-refractivity contribution in [1.29, 1.82) is 0 Å². The molecule has 1 aromatic heterocycles. The highest BCUT2D eigenvalue weighted by Gasteiger charge is 2.13. The van der Waals surface area contributed by atoms with Crippen molar-refractivity contribution >= 4 is 11.7 Å². The fraction of sp³-hybridized carbons (Fsp3) is 0.333. The Bertz CT molecular complexity index is 583. The zero-order valence-corrected chi connectivity index (χ0v) is 12.9. The van der Waals surface area contributed by atoms with E-state index < -0.39 is 0 Å². The molecule has 3 nitrogen and oxygen atoms in total. The standard InChI is InChI=1S/C18H22N2O/c1-18(2,3)15-10-7-14(8-11-15)9-12-17(21)20-16-6-4-5-13-19-16/h4-8,10-11,13H,9,12H2,1-3H3,(H,19,20,21). The average Bonchev–Trinajstić information content (AvgIpc) is 2.46. The first-order valence-corrected chi connectivity index (χ1v) is 7.25. The van der Waals surface area contributed by atoms with Gasteiger partial charge in [0.1, 0.15) is 5.82 Å². The van der Waals surface area contributed by atoms with Gasteiger partial charge in [-0.25, -0.2) is 4.98 Å². The molecule has 1 amide bonds. The summed E-state index contributed by atoms with van der Waals surface area (Å²) in [6, 6.07) is 14.0. The largest absolute Gasteiger partial charge is 0.311 e. The van der Waals surface area contributed by atoms with E-state index in [2.05, 4.69) is 55.3 Å². The molecule has 0 unspecified atom stereocenters. The van der Waals surface area contributed by atoms with Crippen LogP contribution in [-0.4, -0.2) is 10.9 Å². The molecule has 1 aromatic carbocycles. The molecule has 2 rings (SSSR count). The minimum Gasteiger partial charge on any atom is -0.311 e. The lowest BCUT2D eigenvalue weighted by Gasteiger charge is -2.19. The normalized spacial score (nSPS) is 11.2. The van der Waals surface area contributed by atoms with Crippen LogP contribution in [-0.2, 0) is 16.6 Å². The van der Waals surface area contributed by atoms with Crippen LogP contribution in [0, 0.1) is 0 Å². The topological polar surface area (TPSA) is 42.0 Å². The van der Waals surface area contributed by atoms with Gasteiger partial charge in [-0.3, -0.25) is 4.79 Å². The van der Waals surface area contributed by atoms with Crippen molar-refractivity contribution < 1.29 is 4.79 Å². The van der Waals surface area contributed by atoms with Crippen LogP contribution in [0.2, 0.25) is 0 Å². The predicted octanol–water partition coefficient (Wildman–Crippen LogP) is 3.95. The number of amides is 1. The number of rotatable bonds is 4. The summed E-state index contributed by atoms with van der Waals surface area (Å²) < 4.78 is 0. The number of nitrogens with zero attached hydrogens (tertiary/aromatic N) is 1. The Morgan fingerprint density at radius 2 is 1.81 bits per heavy atom. The number of hydrogen-bond donors (Lipinski definition) is 1. The molecule has 1 heterocycles. The van der Waals surface area contributed by atoms with Crippen LogP contribution in [0.15, 0.2) is 48.7 Å². The van der Waals surface area contributed by atoms with Gasteiger partial charge in [0.15, 0.2) is 0 Å². The maximum Gasteiger partial charge on any atom is 0.225 e. The third-order valence-electron chi connectivity index (χ3n) is 3.39. The quantitative estimate of drug-likeness (QED) is 0.922. The second-order valence-corrected chi connectivity index (χ2v) is 6.21. The molecular formula is C18H22N2O. The van der Waals surface area contributed by atoms with Crippen molar-refractivity contribution in [1.82, 2.24) is 4.98 Å². The summed E-state index contributed by atoms with van der Waals surface area (Å²) in [5.74, 6) is 0.596. The summed E-state index contributed by atoms with van der Waals surface area (Å²) >= 11 is 0. The van der Waals surface area contributed by atoms with Crippen molar-refractivity contribution in [2.24, 2.45) is 0 Å². The third kappa shape index (κ3) is 4.71. The second-order valence-electron chi connectivity index (χ2n) is 6.21. The fourth-order valence-electron chi connectivity index (χ4n) is 2.07. The Kier molecular flexibility index (Phi) is 4.73. The molecule has 0 bridgehead atoms. The van der Waals surface area contributed by atoms with Crippen LogP contribution in [0.5, 0.6) is 0 Å². The molecule has 0 fully saturated rings. The minimum absolute atomic E-state index is 0.00593. The summed E-state index contributed by atoms with van der Waals surface area (Å²) in [6.07, 6.45) is 2.87. The lowest BCUT2D eigenvalue weighted by Crippen LogP contribution is -2.13. The Morgan fingerprint density at radius 3 is 2.38 bits per heavy atom. The zero-order chi connectivity index (χ0) is 15.3. The zero-order valence-electron chi connectivity index (χ0n) is 12.9. The first kappa shape index (κ1) is 15.2. The summed E-state index contributed by atoms with van der Waals surface area (Å²) in [5, 5.41) is 2.80. The van der Waals surface area contributed by atoms with Crippen molar-refractivity contribution in [3.05, 3.63) is 59.8 Å². The highest BCUT2D eigenvalue weighted by molar-refractivity contribution is 5.89. The van der Waals surface area contributed by atoms with Crippen molar-refractivity contribution in [2.75, 3.05) is 5.32 Å². The molecule has 0 aliphatic heterocycles. The van der Waals surface area contributed by atoms with Crippen molar-refractivity contribution in [3.8, 4) is 0 Å². The SMILES string of the molecule is CC(C)(C)c1ccc(CCC(=O)Nc2ccccn2)cc1. The molecule has 0 aliphatic rings. The van der Waals surface area contributed by atoms with E-state index in [0.29, 0.717) is 12.2 Å². The Morgan fingerprint density at radius 1 is 1.10 bits per heavy atom. The van der Waals surface area contributed by atoms with E-state index in [-0.39, 0.29) is 11.3 Å². The number of hydrogen-bond acceptors (Lipinski definition) is 2. The van der Waals surface area contributed by atoms with Crippen molar-refractivity contribution in [2.45, 2.75) is 39.0 Å². The minimum atomic E-state index is -0.00593. The number of pyridine rings is 1. The first-order chi connectivity index (χ1) is 9.95. The van der Waals surface area contributed by atoms with E-state index in [1.807, 2.05) is 12.1 Å². The van der Waals surface area contributed by atoms with Gasteiger partial charge < -0.3 is 5.32 Å². The van der Waals surface area contributed by atoms with Crippen LogP contribution >= 0.6 is 0 Å². The van der Waals surface area contributed by atoms with Gasteiger partial charge >= 0.3 is 0 Å². The van der Waals surface area contributed by atoms with Gasteiger partial charge in [-0.05, 0) is 35.1 Å². The average molecular weight is 282 g/mol. The fourth-order valence-corrected chi connectivity index (χ4v) is 2.07. The highest BCUT2D eigenvalue weighted by Crippen LogP contribution is 2.22. The number of anilines is 1. The molecule has 110 valence electrons. The Balaban J connectivity index is 1.87. The first-order valence-electron chi connectivity index (χ1n) is 7.25. The van der Waals surface area contributed by atoms with Gasteiger partial charge in [0.05, 0.1) is 0 Å². The maximum atomic E-state index is 11.9. The van der Waals surface area contributed by atoms with Crippen LogP contribution < -0.4 is 5.32 Å². The van der Waals surface area contributed by atoms with Gasteiger partial charge in [0.25, 0.3) is 0 Å². The van der Waals surface area contributed by atoms with Gasteiger partial charge in [-0.15, -0.1) is 0 Å². The van der Waals surface area contributed by atoms with E-state index >= 15 is 0 Å². The number of benzene rings is 1. The molecule has 0 atom stereocenters. The lowest BCUT2D eigenvalue weighted by molar-refractivity contribution is -0.116. The lowest BCUT2D eigenvalue weighted by atomic mass is 9.86. The van der Waals surface area contributed by atoms with Crippen LogP contribution in [0.25, 0.3) is 0 Å². The van der Waals surface area contributed by atoms with E-state index in [0.717, 1.165) is 6.42 Å². The number of carbonyl (C=O) groups is 1. The van der Waals surface area contributed by atoms with E-state index in [9.17, 15) is 4.79 Å². The maximum absolute atomic E-state index is 11.9. The summed E-state index contributed by atoms with van der Waals surface area (Å²) in [7, 11) is 0. The Labute approximate surface area is 126 Å². The van der Waals surface area contributed by atoms with Gasteiger partial charge in [-0.1, -0.05) is 51.1 Å². The van der Waals surface area contributed by atoms with Crippen LogP contribution in [0.4, 0.5) is 5.82 Å². The van der Waals surface area contributed by atoms with Gasteiger partial charge in [0.2, 0.25) is 5.91 Å². The van der Waals surface area contributed by atoms with E-state index in [1.165, 1.54) is 11.1 Å². The Hall–Kier alpha value is -2.16. The summed E-state index contributed by atoms with van der Waals surface area (Å²) in [5.41, 5.74) is 2.65. The molecular weight excluding hydrogens is 260 g/mol. The molecule has 0 radical (unpaired) electrons. The molecule has 0 saturated heterocycles. The molecule has 3 heteroatoms. The number of carbonyl (C=O) groups excluding carboxylic acids is 1. The molecule has 2 aromatic rings.